The van der Waals surface area contributed by atoms with E-state index >= 15 is 0 Å². The molecule has 0 saturated heterocycles. The first kappa shape index (κ1) is 16.9. The lowest BCUT2D eigenvalue weighted by molar-refractivity contribution is 0.104. The second-order valence-corrected chi connectivity index (χ2v) is 5.41. The molecule has 2 aromatic carbocycles. The molecule has 0 spiro atoms. The molecule has 1 aromatic heterocycles. The number of carbonyl (C=O) groups excluding carboxylic acids is 1. The van der Waals surface area contributed by atoms with Crippen molar-refractivity contribution in [3.63, 3.8) is 0 Å². The van der Waals surface area contributed by atoms with Crippen LogP contribution < -0.4 is 5.32 Å². The summed E-state index contributed by atoms with van der Waals surface area (Å²) in [6, 6.07) is 17.1. The van der Waals surface area contributed by atoms with E-state index in [0.29, 0.717) is 21.8 Å². The van der Waals surface area contributed by atoms with Crippen molar-refractivity contribution in [3.8, 4) is 0 Å². The molecule has 0 unspecified atom stereocenters. The van der Waals surface area contributed by atoms with Crippen molar-refractivity contribution in [3.05, 3.63) is 82.3 Å². The summed E-state index contributed by atoms with van der Waals surface area (Å²) in [5.41, 5.74) is 1.96. The van der Waals surface area contributed by atoms with Crippen LogP contribution in [0.2, 0.25) is 0 Å². The van der Waals surface area contributed by atoms with E-state index in [1.165, 1.54) is 23.5 Å². The minimum absolute atomic E-state index is 0.0375. The molecule has 4 heteroatoms. The smallest absolute Gasteiger partial charge is 0.205 e. The summed E-state index contributed by atoms with van der Waals surface area (Å²) in [5, 5.41) is 4.94. The maximum absolute atomic E-state index is 13.2. The van der Waals surface area contributed by atoms with E-state index in [9.17, 15) is 9.18 Å². The minimum Gasteiger partial charge on any atom is -0.354 e. The van der Waals surface area contributed by atoms with Crippen molar-refractivity contribution >= 4 is 28.5 Å². The van der Waals surface area contributed by atoms with Crippen molar-refractivity contribution in [2.24, 2.45) is 0 Å². The van der Waals surface area contributed by atoms with Gasteiger partial charge < -0.3 is 5.32 Å². The summed E-state index contributed by atoms with van der Waals surface area (Å²) < 4.78 is 13.2. The van der Waals surface area contributed by atoms with Gasteiger partial charge in [0.2, 0.25) is 5.78 Å². The number of halogens is 1. The van der Waals surface area contributed by atoms with Gasteiger partial charge in [0.1, 0.15) is 5.82 Å². The van der Waals surface area contributed by atoms with E-state index in [2.05, 4.69) is 5.32 Å². The highest BCUT2D eigenvalue weighted by Gasteiger charge is 2.15. The zero-order chi connectivity index (χ0) is 16.7. The lowest BCUT2D eigenvalue weighted by atomic mass is 10.1. The Kier molecular flexibility index (Phi) is 6.06. The van der Waals surface area contributed by atoms with Gasteiger partial charge in [0, 0.05) is 11.3 Å². The third-order valence-electron chi connectivity index (χ3n) is 3.01. The molecule has 0 radical (unpaired) electrons. The number of hydrogen-bond donors (Lipinski definition) is 1. The minimum atomic E-state index is -0.314. The van der Waals surface area contributed by atoms with Crippen LogP contribution in [0.5, 0.6) is 0 Å². The fourth-order valence-electron chi connectivity index (χ4n) is 2.03. The van der Waals surface area contributed by atoms with Gasteiger partial charge in [-0.15, -0.1) is 11.3 Å². The standard InChI is InChI=1S/C17H12FNOS.C2H6/c18-13-7-4-8-14(11-13)19-15-9-10-21-17(15)16(20)12-5-2-1-3-6-12;1-2/h1-11,19H;1-2H3. The lowest BCUT2D eigenvalue weighted by Gasteiger charge is -2.07. The molecular formula is C19H18FNOS. The van der Waals surface area contributed by atoms with Crippen LogP contribution in [0.3, 0.4) is 0 Å². The van der Waals surface area contributed by atoms with E-state index in [0.717, 1.165) is 0 Å². The van der Waals surface area contributed by atoms with Gasteiger partial charge in [-0.05, 0) is 29.6 Å². The van der Waals surface area contributed by atoms with Crippen LogP contribution in [0.4, 0.5) is 15.8 Å². The summed E-state index contributed by atoms with van der Waals surface area (Å²) >= 11 is 1.37. The Hall–Kier alpha value is -2.46. The first-order valence-electron chi connectivity index (χ1n) is 7.44. The highest BCUT2D eigenvalue weighted by molar-refractivity contribution is 7.13. The van der Waals surface area contributed by atoms with E-state index in [1.807, 2.05) is 43.5 Å². The number of anilines is 2. The van der Waals surface area contributed by atoms with Crippen LogP contribution >= 0.6 is 11.3 Å². The molecule has 1 heterocycles. The van der Waals surface area contributed by atoms with Crippen LogP contribution in [0.15, 0.2) is 66.0 Å². The molecule has 0 amide bonds. The number of rotatable bonds is 4. The normalized spacial score (nSPS) is 9.70. The molecule has 0 atom stereocenters. The fourth-order valence-corrected chi connectivity index (χ4v) is 2.84. The van der Waals surface area contributed by atoms with Crippen LogP contribution in [-0.4, -0.2) is 5.78 Å². The van der Waals surface area contributed by atoms with Gasteiger partial charge in [-0.25, -0.2) is 4.39 Å². The second-order valence-electron chi connectivity index (χ2n) is 4.49. The average Bonchev–Trinajstić information content (AvgIpc) is 3.05. The van der Waals surface area contributed by atoms with Crippen LogP contribution in [0, 0.1) is 5.82 Å². The molecule has 0 aliphatic rings. The molecule has 118 valence electrons. The van der Waals surface area contributed by atoms with Crippen LogP contribution in [0.1, 0.15) is 29.1 Å². The SMILES string of the molecule is CC.O=C(c1ccccc1)c1sccc1Nc1cccc(F)c1. The lowest BCUT2D eigenvalue weighted by Crippen LogP contribution is -2.02. The second kappa shape index (κ2) is 8.25. The van der Waals surface area contributed by atoms with Crippen molar-refractivity contribution < 1.29 is 9.18 Å². The predicted octanol–water partition coefficient (Wildman–Crippen LogP) is 5.89. The Balaban J connectivity index is 0.000000924. The number of ketones is 1. The highest BCUT2D eigenvalue weighted by Crippen LogP contribution is 2.28. The van der Waals surface area contributed by atoms with Gasteiger partial charge in [0.15, 0.2) is 0 Å². The largest absolute Gasteiger partial charge is 0.354 e. The van der Waals surface area contributed by atoms with Crippen molar-refractivity contribution in [2.75, 3.05) is 5.32 Å². The molecule has 23 heavy (non-hydrogen) atoms. The number of thiophene rings is 1. The average molecular weight is 327 g/mol. The third kappa shape index (κ3) is 4.27. The van der Waals surface area contributed by atoms with Crippen molar-refractivity contribution in [1.29, 1.82) is 0 Å². The van der Waals surface area contributed by atoms with Gasteiger partial charge in [-0.3, -0.25) is 4.79 Å². The van der Waals surface area contributed by atoms with Gasteiger partial charge in [0.05, 0.1) is 10.6 Å². The van der Waals surface area contributed by atoms with Crippen LogP contribution in [-0.2, 0) is 0 Å². The zero-order valence-electron chi connectivity index (χ0n) is 13.0. The number of benzene rings is 2. The number of hydrogen-bond acceptors (Lipinski definition) is 3. The molecule has 0 bridgehead atoms. The summed E-state index contributed by atoms with van der Waals surface area (Å²) in [5.74, 6) is -0.351. The van der Waals surface area contributed by atoms with E-state index in [4.69, 9.17) is 0 Å². The van der Waals surface area contributed by atoms with E-state index < -0.39 is 0 Å². The zero-order valence-corrected chi connectivity index (χ0v) is 13.9. The van der Waals surface area contributed by atoms with Gasteiger partial charge in [-0.1, -0.05) is 50.2 Å². The quantitative estimate of drug-likeness (QED) is 0.606. The Morgan fingerprint density at radius 2 is 1.74 bits per heavy atom. The number of carbonyl (C=O) groups is 1. The molecule has 0 fully saturated rings. The Morgan fingerprint density at radius 3 is 2.43 bits per heavy atom. The summed E-state index contributed by atoms with van der Waals surface area (Å²) in [4.78, 5) is 13.1. The van der Waals surface area contributed by atoms with Crippen molar-refractivity contribution in [1.82, 2.24) is 0 Å². The number of nitrogens with one attached hydrogen (secondary N) is 1. The van der Waals surface area contributed by atoms with Gasteiger partial charge >= 0.3 is 0 Å². The summed E-state index contributed by atoms with van der Waals surface area (Å²) in [7, 11) is 0. The van der Waals surface area contributed by atoms with Gasteiger partial charge in [-0.2, -0.15) is 0 Å². The fraction of sp³-hybridized carbons (Fsp3) is 0.105. The summed E-state index contributed by atoms with van der Waals surface area (Å²) in [6.45, 7) is 4.00. The van der Waals surface area contributed by atoms with E-state index in [1.54, 1.807) is 24.3 Å². The van der Waals surface area contributed by atoms with E-state index in [-0.39, 0.29) is 11.6 Å². The molecule has 0 saturated carbocycles. The Morgan fingerprint density at radius 1 is 1.00 bits per heavy atom. The monoisotopic (exact) mass is 327 g/mol. The molecule has 1 N–H and O–H groups in total. The first-order chi connectivity index (χ1) is 11.2. The molecular weight excluding hydrogens is 309 g/mol. The Bertz CT molecular complexity index is 768. The maximum atomic E-state index is 13.2. The van der Waals surface area contributed by atoms with Gasteiger partial charge in [0.25, 0.3) is 0 Å². The first-order valence-corrected chi connectivity index (χ1v) is 8.32. The molecule has 0 aliphatic carbocycles. The summed E-state index contributed by atoms with van der Waals surface area (Å²) in [6.07, 6.45) is 0. The molecule has 0 aliphatic heterocycles. The predicted molar refractivity (Wildman–Crippen MR) is 95.2 cm³/mol. The topological polar surface area (TPSA) is 29.1 Å². The third-order valence-corrected chi connectivity index (χ3v) is 3.92. The Labute approximate surface area is 139 Å². The maximum Gasteiger partial charge on any atom is 0.205 e. The highest BCUT2D eigenvalue weighted by atomic mass is 32.1. The molecule has 3 rings (SSSR count). The van der Waals surface area contributed by atoms with Crippen LogP contribution in [0.25, 0.3) is 0 Å². The van der Waals surface area contributed by atoms with Crippen molar-refractivity contribution in [2.45, 2.75) is 13.8 Å². The molecule has 3 aromatic rings. The molecule has 2 nitrogen and oxygen atoms in total.